The molecule has 73 heavy (non-hydrogen) atoms. The molecule has 9 rings (SSSR count). The third kappa shape index (κ3) is 11.9. The van der Waals surface area contributed by atoms with Gasteiger partial charge >= 0.3 is 0 Å². The number of thioether (sulfide) groups is 2. The molecule has 7 aromatic carbocycles. The number of halogens is 1. The first-order valence-corrected chi connectivity index (χ1v) is 28.0. The fourth-order valence-electron chi connectivity index (χ4n) is 11.6. The molecule has 1 amide bonds. The van der Waals surface area contributed by atoms with Gasteiger partial charge < -0.3 is 5.32 Å². The second-order valence-corrected chi connectivity index (χ2v) is 21.8. The highest BCUT2D eigenvalue weighted by Crippen LogP contribution is 2.51. The molecule has 0 aromatic heterocycles. The van der Waals surface area contributed by atoms with Crippen LogP contribution in [0.2, 0.25) is 0 Å². The first-order valence-electron chi connectivity index (χ1n) is 26.1. The summed E-state index contributed by atoms with van der Waals surface area (Å²) in [6.45, 7) is 5.46. The summed E-state index contributed by atoms with van der Waals surface area (Å²) in [5, 5.41) is 3.38. The quantitative estimate of drug-likeness (QED) is 0.0355. The van der Waals surface area contributed by atoms with Gasteiger partial charge in [-0.2, -0.15) is 0 Å². The van der Waals surface area contributed by atoms with E-state index in [1.54, 1.807) is 19.2 Å². The molecule has 7 aromatic rings. The summed E-state index contributed by atoms with van der Waals surface area (Å²) in [7, 11) is 1.68. The number of hydroxylamine groups is 1. The number of amides is 1. The summed E-state index contributed by atoms with van der Waals surface area (Å²) >= 11 is 3.82. The molecule has 2 saturated heterocycles. The lowest BCUT2D eigenvalue weighted by Gasteiger charge is -2.43. The van der Waals surface area contributed by atoms with Crippen LogP contribution in [-0.4, -0.2) is 79.1 Å². The van der Waals surface area contributed by atoms with Gasteiger partial charge in [0.2, 0.25) is 5.91 Å². The Bertz CT molecular complexity index is 2610. The number of rotatable bonds is 24. The maximum absolute atomic E-state index is 14.4. The van der Waals surface area contributed by atoms with E-state index in [4.69, 9.17) is 4.84 Å². The fraction of sp³-hybridized carbons (Fsp3) is 0.297. The first-order chi connectivity index (χ1) is 35.9. The van der Waals surface area contributed by atoms with Crippen molar-refractivity contribution in [2.45, 2.75) is 66.5 Å². The second kappa shape index (κ2) is 25.3. The van der Waals surface area contributed by atoms with E-state index >= 15 is 0 Å². The molecule has 9 heteroatoms. The SMILES string of the molecule is CCC(NOC)=C1C(c2ccc(F)cc2)CC2CCC1N2CCCN(CCSC(c1ccccc1)(c1ccccc1)c1ccccc1)CC(=O)NCCSC(c1ccccc1)(c1ccccc1)c1ccccc1. The smallest absolute Gasteiger partial charge is 0.234 e. The van der Waals surface area contributed by atoms with Gasteiger partial charge in [-0.05, 0) is 95.3 Å². The highest BCUT2D eigenvalue weighted by atomic mass is 32.2. The summed E-state index contributed by atoms with van der Waals surface area (Å²) in [5.41, 5.74) is 14.2. The van der Waals surface area contributed by atoms with Crippen LogP contribution in [-0.2, 0) is 19.1 Å². The Morgan fingerprint density at radius 2 is 1.08 bits per heavy atom. The van der Waals surface area contributed by atoms with Crippen LogP contribution in [0.5, 0.6) is 0 Å². The maximum Gasteiger partial charge on any atom is 0.234 e. The van der Waals surface area contributed by atoms with Crippen molar-refractivity contribution in [2.24, 2.45) is 0 Å². The molecule has 2 aliphatic rings. The van der Waals surface area contributed by atoms with Gasteiger partial charge in [0.15, 0.2) is 0 Å². The first kappa shape index (κ1) is 51.9. The normalized spacial score (nSPS) is 17.6. The number of nitrogens with one attached hydrogen (secondary N) is 2. The molecule has 376 valence electrons. The van der Waals surface area contributed by atoms with Crippen molar-refractivity contribution in [3.63, 3.8) is 0 Å². The van der Waals surface area contributed by atoms with E-state index in [1.165, 1.54) is 39.0 Å². The summed E-state index contributed by atoms with van der Waals surface area (Å²) < 4.78 is 13.3. The van der Waals surface area contributed by atoms with Gasteiger partial charge in [-0.25, -0.2) is 4.39 Å². The summed E-state index contributed by atoms with van der Waals surface area (Å²) in [6.07, 6.45) is 4.92. The van der Waals surface area contributed by atoms with Crippen LogP contribution in [0.4, 0.5) is 4.39 Å². The molecule has 2 bridgehead atoms. The number of hydrogen-bond acceptors (Lipinski definition) is 7. The van der Waals surface area contributed by atoms with Crippen LogP contribution in [0.3, 0.4) is 0 Å². The zero-order chi connectivity index (χ0) is 50.3. The predicted octanol–water partition coefficient (Wildman–Crippen LogP) is 13.2. The summed E-state index contributed by atoms with van der Waals surface area (Å²) in [4.78, 5) is 25.0. The Kier molecular flexibility index (Phi) is 18.0. The number of benzene rings is 7. The minimum atomic E-state index is -0.458. The second-order valence-electron chi connectivity index (χ2n) is 19.2. The van der Waals surface area contributed by atoms with Crippen molar-refractivity contribution in [3.8, 4) is 0 Å². The van der Waals surface area contributed by atoms with Crippen molar-refractivity contribution >= 4 is 29.4 Å². The number of allylic oxidation sites excluding steroid dienone is 1. The number of carbonyl (C=O) groups excluding carboxylic acids is 1. The standard InChI is InChI=1S/C64H69FN4O2S2/c1-3-59(67-71-2)62-58(49-35-37-56(65)38-36-49)47-57-39-40-60(62)69(57)43-22-42-68(44-46-73-64(53-29-16-7-17-30-53,54-31-18-8-19-32-54)55-33-20-9-21-34-55)48-61(70)66-41-45-72-63(50-23-10-4-11-24-50,51-25-12-5-13-26-51)52-27-14-6-15-28-52/h4-21,23-38,57-58,60,67H,3,22,39-48H2,1-2H3,(H,66,70). The molecule has 0 aliphatic carbocycles. The molecular formula is C64H69FN4O2S2. The summed E-state index contributed by atoms with van der Waals surface area (Å²) in [6, 6.07) is 72.6. The van der Waals surface area contributed by atoms with Gasteiger partial charge in [-0.15, -0.1) is 23.5 Å². The largest absolute Gasteiger partial charge is 0.354 e. The van der Waals surface area contributed by atoms with Crippen LogP contribution in [0.1, 0.15) is 83.9 Å². The third-order valence-corrected chi connectivity index (χ3v) is 18.0. The van der Waals surface area contributed by atoms with Crippen LogP contribution in [0, 0.1) is 5.82 Å². The Balaban J connectivity index is 0.947. The van der Waals surface area contributed by atoms with Gasteiger partial charge in [0.25, 0.3) is 0 Å². The van der Waals surface area contributed by atoms with Crippen molar-refractivity contribution < 1.29 is 14.0 Å². The molecule has 3 unspecified atom stereocenters. The highest BCUT2D eigenvalue weighted by molar-refractivity contribution is 8.00. The molecule has 2 N–H and O–H groups in total. The minimum absolute atomic E-state index is 0.0411. The highest BCUT2D eigenvalue weighted by Gasteiger charge is 2.45. The molecule has 2 fully saturated rings. The lowest BCUT2D eigenvalue weighted by molar-refractivity contribution is -0.122. The van der Waals surface area contributed by atoms with E-state index in [9.17, 15) is 9.18 Å². The van der Waals surface area contributed by atoms with Crippen LogP contribution in [0.15, 0.2) is 218 Å². The molecule has 2 aliphatic heterocycles. The van der Waals surface area contributed by atoms with Gasteiger partial charge in [0, 0.05) is 54.8 Å². The zero-order valence-electron chi connectivity index (χ0n) is 42.3. The third-order valence-electron chi connectivity index (χ3n) is 14.9. The van der Waals surface area contributed by atoms with Crippen molar-refractivity contribution in [1.29, 1.82) is 0 Å². The average molecular weight is 1010 g/mol. The van der Waals surface area contributed by atoms with Gasteiger partial charge in [-0.3, -0.25) is 24.9 Å². The Morgan fingerprint density at radius 3 is 1.52 bits per heavy atom. The van der Waals surface area contributed by atoms with E-state index in [0.29, 0.717) is 19.1 Å². The summed E-state index contributed by atoms with van der Waals surface area (Å²) in [5.74, 6) is 1.55. The van der Waals surface area contributed by atoms with E-state index in [2.05, 4.69) is 210 Å². The molecule has 6 nitrogen and oxygen atoms in total. The minimum Gasteiger partial charge on any atom is -0.354 e. The maximum atomic E-state index is 14.4. The Morgan fingerprint density at radius 1 is 0.630 bits per heavy atom. The molecule has 0 radical (unpaired) electrons. The number of hydrogen-bond donors (Lipinski definition) is 2. The van der Waals surface area contributed by atoms with Crippen LogP contribution >= 0.6 is 23.5 Å². The lowest BCUT2D eigenvalue weighted by atomic mass is 9.79. The van der Waals surface area contributed by atoms with Crippen LogP contribution < -0.4 is 10.8 Å². The molecular weight excluding hydrogens is 940 g/mol. The van der Waals surface area contributed by atoms with Gasteiger partial charge in [-0.1, -0.05) is 201 Å². The molecule has 0 spiro atoms. The Labute approximate surface area is 441 Å². The van der Waals surface area contributed by atoms with E-state index in [1.807, 2.05) is 35.7 Å². The fourth-order valence-corrected chi connectivity index (χ4v) is 14.6. The molecule has 0 saturated carbocycles. The van der Waals surface area contributed by atoms with E-state index in [-0.39, 0.29) is 23.7 Å². The number of piperidine rings is 1. The van der Waals surface area contributed by atoms with Crippen molar-refractivity contribution in [3.05, 3.63) is 262 Å². The monoisotopic (exact) mass is 1010 g/mol. The van der Waals surface area contributed by atoms with Crippen LogP contribution in [0.25, 0.3) is 0 Å². The van der Waals surface area contributed by atoms with Gasteiger partial charge in [0.1, 0.15) is 5.82 Å². The zero-order valence-corrected chi connectivity index (χ0v) is 43.9. The number of fused-ring (bicyclic) bond motifs is 2. The molecule has 2 heterocycles. The number of carbonyl (C=O) groups is 1. The average Bonchev–Trinajstić information content (AvgIpc) is 3.73. The van der Waals surface area contributed by atoms with Crippen molar-refractivity contribution in [2.75, 3.05) is 51.3 Å². The van der Waals surface area contributed by atoms with E-state index < -0.39 is 9.49 Å². The van der Waals surface area contributed by atoms with E-state index in [0.717, 1.165) is 74.5 Å². The molecule has 3 atom stereocenters. The Hall–Kier alpha value is -5.94. The lowest BCUT2D eigenvalue weighted by Crippen LogP contribution is -2.46. The van der Waals surface area contributed by atoms with Crippen molar-refractivity contribution in [1.82, 2.24) is 20.6 Å². The number of nitrogens with zero attached hydrogens (tertiary/aromatic N) is 2. The predicted molar refractivity (Wildman–Crippen MR) is 302 cm³/mol. The van der Waals surface area contributed by atoms with Gasteiger partial charge in [0.05, 0.1) is 23.1 Å². The topological polar surface area (TPSA) is 56.8 Å².